The highest BCUT2D eigenvalue weighted by Gasteiger charge is 2.38. The number of aliphatic hydroxyl groups is 1. The fraction of sp³-hybridized carbons (Fsp3) is 0.500. The number of carbonyl (C=O) groups is 1. The normalized spacial score (nSPS) is 17.4. The number of amides is 1. The molecular weight excluding hydrogens is 230 g/mol. The minimum Gasteiger partial charge on any atom is -0.497 e. The lowest BCUT2D eigenvalue weighted by atomic mass is 10.0. The van der Waals surface area contributed by atoms with Gasteiger partial charge < -0.3 is 15.2 Å². The van der Waals surface area contributed by atoms with Crippen LogP contribution in [0.5, 0.6) is 5.75 Å². The van der Waals surface area contributed by atoms with Crippen LogP contribution in [0.25, 0.3) is 0 Å². The monoisotopic (exact) mass is 249 g/mol. The number of methoxy groups -OCH3 is 1. The molecule has 1 aromatic rings. The zero-order valence-electron chi connectivity index (χ0n) is 10.6. The number of carbonyl (C=O) groups excluding carboxylic acids is 1. The molecule has 0 bridgehead atoms. The minimum atomic E-state index is -1.15. The minimum absolute atomic E-state index is 0.254. The number of hydrogen-bond acceptors (Lipinski definition) is 3. The van der Waals surface area contributed by atoms with E-state index in [0.717, 1.165) is 24.2 Å². The van der Waals surface area contributed by atoms with E-state index in [2.05, 4.69) is 5.32 Å². The first kappa shape index (κ1) is 12.9. The number of benzene rings is 1. The Morgan fingerprint density at radius 3 is 2.50 bits per heavy atom. The van der Waals surface area contributed by atoms with Crippen molar-refractivity contribution < 1.29 is 14.6 Å². The van der Waals surface area contributed by atoms with Crippen LogP contribution in [0.2, 0.25) is 0 Å². The largest absolute Gasteiger partial charge is 0.497 e. The highest BCUT2D eigenvalue weighted by atomic mass is 16.5. The summed E-state index contributed by atoms with van der Waals surface area (Å²) < 4.78 is 5.06. The quantitative estimate of drug-likeness (QED) is 0.852. The predicted octanol–water partition coefficient (Wildman–Crippen LogP) is 1.62. The summed E-state index contributed by atoms with van der Waals surface area (Å²) >= 11 is 0. The molecule has 1 aliphatic rings. The van der Waals surface area contributed by atoms with Crippen molar-refractivity contribution in [2.24, 2.45) is 0 Å². The van der Waals surface area contributed by atoms with Gasteiger partial charge in [0.15, 0.2) is 0 Å². The Hall–Kier alpha value is -1.55. The maximum atomic E-state index is 11.9. The van der Waals surface area contributed by atoms with E-state index in [1.165, 1.54) is 0 Å². The molecule has 1 saturated carbocycles. The highest BCUT2D eigenvalue weighted by Crippen LogP contribution is 2.29. The van der Waals surface area contributed by atoms with Gasteiger partial charge in [0.1, 0.15) is 11.4 Å². The number of rotatable bonds is 4. The van der Waals surface area contributed by atoms with Crippen LogP contribution in [0.15, 0.2) is 24.3 Å². The van der Waals surface area contributed by atoms with E-state index >= 15 is 0 Å². The lowest BCUT2D eigenvalue weighted by Crippen LogP contribution is -2.44. The SMILES string of the molecule is COc1ccc(CNC(=O)C2(O)CCCC2)cc1. The van der Waals surface area contributed by atoms with Gasteiger partial charge in [-0.25, -0.2) is 0 Å². The molecule has 0 aliphatic heterocycles. The van der Waals surface area contributed by atoms with E-state index < -0.39 is 5.60 Å². The summed E-state index contributed by atoms with van der Waals surface area (Å²) in [4.78, 5) is 11.9. The molecule has 2 N–H and O–H groups in total. The second kappa shape index (κ2) is 5.40. The molecule has 0 spiro atoms. The number of ether oxygens (including phenoxy) is 1. The van der Waals surface area contributed by atoms with Crippen LogP contribution in [0.3, 0.4) is 0 Å². The Balaban J connectivity index is 1.88. The van der Waals surface area contributed by atoms with Gasteiger partial charge in [-0.3, -0.25) is 4.79 Å². The van der Waals surface area contributed by atoms with E-state index in [4.69, 9.17) is 4.74 Å². The van der Waals surface area contributed by atoms with Gasteiger partial charge in [0.2, 0.25) is 0 Å². The van der Waals surface area contributed by atoms with Crippen molar-refractivity contribution in [3.8, 4) is 5.75 Å². The molecule has 2 rings (SSSR count). The maximum absolute atomic E-state index is 11.9. The molecule has 0 radical (unpaired) electrons. The van der Waals surface area contributed by atoms with E-state index in [1.54, 1.807) is 7.11 Å². The predicted molar refractivity (Wildman–Crippen MR) is 68.3 cm³/mol. The molecule has 0 heterocycles. The molecule has 4 nitrogen and oxygen atoms in total. The summed E-state index contributed by atoms with van der Waals surface area (Å²) in [7, 11) is 1.62. The van der Waals surface area contributed by atoms with E-state index in [9.17, 15) is 9.90 Å². The third kappa shape index (κ3) is 2.82. The Kier molecular flexibility index (Phi) is 3.87. The zero-order chi connectivity index (χ0) is 13.0. The first-order valence-corrected chi connectivity index (χ1v) is 6.28. The fourth-order valence-corrected chi connectivity index (χ4v) is 2.28. The van der Waals surface area contributed by atoms with Gasteiger partial charge in [0.05, 0.1) is 7.11 Å². The van der Waals surface area contributed by atoms with Gasteiger partial charge in [-0.05, 0) is 43.4 Å². The van der Waals surface area contributed by atoms with Gasteiger partial charge in [-0.1, -0.05) is 12.1 Å². The summed E-state index contributed by atoms with van der Waals surface area (Å²) in [6.07, 6.45) is 2.99. The smallest absolute Gasteiger partial charge is 0.252 e. The Morgan fingerprint density at radius 2 is 1.94 bits per heavy atom. The van der Waals surface area contributed by atoms with Crippen LogP contribution in [0.1, 0.15) is 31.2 Å². The summed E-state index contributed by atoms with van der Waals surface area (Å²) in [5.41, 5.74) is -0.155. The first-order valence-electron chi connectivity index (χ1n) is 6.28. The third-order valence-corrected chi connectivity index (χ3v) is 3.47. The van der Waals surface area contributed by atoms with Gasteiger partial charge in [0.25, 0.3) is 5.91 Å². The standard InChI is InChI=1S/C14H19NO3/c1-18-12-6-4-11(5-7-12)10-15-13(16)14(17)8-2-3-9-14/h4-7,17H,2-3,8-10H2,1H3,(H,15,16). The van der Waals surface area contributed by atoms with Crippen LogP contribution >= 0.6 is 0 Å². The van der Waals surface area contributed by atoms with Gasteiger partial charge in [-0.15, -0.1) is 0 Å². The molecule has 1 aromatic carbocycles. The van der Waals surface area contributed by atoms with E-state index in [0.29, 0.717) is 19.4 Å². The summed E-state index contributed by atoms with van der Waals surface area (Å²) in [5.74, 6) is 0.537. The van der Waals surface area contributed by atoms with Crippen LogP contribution < -0.4 is 10.1 Å². The van der Waals surface area contributed by atoms with Crippen LogP contribution in [0, 0.1) is 0 Å². The Labute approximate surface area is 107 Å². The van der Waals surface area contributed by atoms with E-state index in [1.807, 2.05) is 24.3 Å². The molecule has 1 amide bonds. The second-order valence-electron chi connectivity index (χ2n) is 4.77. The molecule has 1 aliphatic carbocycles. The van der Waals surface area contributed by atoms with Gasteiger partial charge in [0, 0.05) is 6.54 Å². The van der Waals surface area contributed by atoms with Crippen LogP contribution in [-0.4, -0.2) is 23.7 Å². The molecule has 0 aromatic heterocycles. The number of hydrogen-bond donors (Lipinski definition) is 2. The topological polar surface area (TPSA) is 58.6 Å². The van der Waals surface area contributed by atoms with Crippen molar-refractivity contribution in [3.05, 3.63) is 29.8 Å². The van der Waals surface area contributed by atoms with Crippen LogP contribution in [0.4, 0.5) is 0 Å². The summed E-state index contributed by atoms with van der Waals surface area (Å²) in [6.45, 7) is 0.436. The van der Waals surface area contributed by atoms with Crippen molar-refractivity contribution in [2.45, 2.75) is 37.8 Å². The zero-order valence-corrected chi connectivity index (χ0v) is 10.6. The number of nitrogens with one attached hydrogen (secondary N) is 1. The maximum Gasteiger partial charge on any atom is 0.252 e. The van der Waals surface area contributed by atoms with Crippen molar-refractivity contribution >= 4 is 5.91 Å². The molecule has 0 saturated heterocycles. The van der Waals surface area contributed by atoms with Crippen molar-refractivity contribution in [3.63, 3.8) is 0 Å². The molecular formula is C14H19NO3. The third-order valence-electron chi connectivity index (χ3n) is 3.47. The molecule has 4 heteroatoms. The van der Waals surface area contributed by atoms with Crippen molar-refractivity contribution in [1.29, 1.82) is 0 Å². The summed E-state index contributed by atoms with van der Waals surface area (Å²) in [6, 6.07) is 7.51. The van der Waals surface area contributed by atoms with Gasteiger partial charge >= 0.3 is 0 Å². The average Bonchev–Trinajstić information content (AvgIpc) is 2.85. The first-order chi connectivity index (χ1) is 8.64. The highest BCUT2D eigenvalue weighted by molar-refractivity contribution is 5.85. The van der Waals surface area contributed by atoms with Gasteiger partial charge in [-0.2, -0.15) is 0 Å². The van der Waals surface area contributed by atoms with Crippen molar-refractivity contribution in [2.75, 3.05) is 7.11 Å². The molecule has 18 heavy (non-hydrogen) atoms. The lowest BCUT2D eigenvalue weighted by Gasteiger charge is -2.20. The molecule has 1 fully saturated rings. The molecule has 0 unspecified atom stereocenters. The Bertz CT molecular complexity index is 408. The fourth-order valence-electron chi connectivity index (χ4n) is 2.28. The van der Waals surface area contributed by atoms with Crippen LogP contribution in [-0.2, 0) is 11.3 Å². The Morgan fingerprint density at radius 1 is 1.33 bits per heavy atom. The van der Waals surface area contributed by atoms with E-state index in [-0.39, 0.29) is 5.91 Å². The van der Waals surface area contributed by atoms with Crippen molar-refractivity contribution in [1.82, 2.24) is 5.32 Å². The average molecular weight is 249 g/mol. The summed E-state index contributed by atoms with van der Waals surface area (Å²) in [5, 5.41) is 12.9. The lowest BCUT2D eigenvalue weighted by molar-refractivity contribution is -0.139. The molecule has 0 atom stereocenters. The molecule has 98 valence electrons. The second-order valence-corrected chi connectivity index (χ2v) is 4.77.